The molecule has 0 bridgehead atoms. The summed E-state index contributed by atoms with van der Waals surface area (Å²) in [7, 11) is 0. The number of hydrogen-bond donors (Lipinski definition) is 1. The number of nitrogens with one attached hydrogen (secondary N) is 1. The molecule has 0 aromatic carbocycles. The first-order chi connectivity index (χ1) is 9.24. The molecule has 2 heterocycles. The van der Waals surface area contributed by atoms with E-state index in [1.54, 1.807) is 0 Å². The third-order valence-corrected chi connectivity index (χ3v) is 5.30. The third-order valence-electron chi connectivity index (χ3n) is 5.30. The SMILES string of the molecule is CC(C)C1CNC(C2CC2)CN1CCC1CCOC1. The van der Waals surface area contributed by atoms with Crippen LogP contribution in [0.5, 0.6) is 0 Å². The molecule has 0 amide bonds. The molecule has 3 fully saturated rings. The highest BCUT2D eigenvalue weighted by molar-refractivity contribution is 4.95. The molecule has 0 aromatic rings. The Morgan fingerprint density at radius 2 is 2.11 bits per heavy atom. The molecular formula is C16H30N2O. The van der Waals surface area contributed by atoms with Crippen LogP contribution < -0.4 is 5.32 Å². The first-order valence-corrected chi connectivity index (χ1v) is 8.29. The Balaban J connectivity index is 1.53. The molecule has 1 N–H and O–H groups in total. The first kappa shape index (κ1) is 13.8. The van der Waals surface area contributed by atoms with Crippen molar-refractivity contribution in [3.8, 4) is 0 Å². The minimum absolute atomic E-state index is 0.734. The molecule has 2 aliphatic heterocycles. The molecule has 3 atom stereocenters. The van der Waals surface area contributed by atoms with Gasteiger partial charge in [0, 0.05) is 38.4 Å². The fourth-order valence-corrected chi connectivity index (χ4v) is 3.74. The normalized spacial score (nSPS) is 37.1. The largest absolute Gasteiger partial charge is 0.381 e. The minimum Gasteiger partial charge on any atom is -0.381 e. The highest BCUT2D eigenvalue weighted by Crippen LogP contribution is 2.35. The van der Waals surface area contributed by atoms with E-state index in [2.05, 4.69) is 24.1 Å². The van der Waals surface area contributed by atoms with E-state index in [4.69, 9.17) is 4.74 Å². The van der Waals surface area contributed by atoms with Gasteiger partial charge in [-0.15, -0.1) is 0 Å². The molecule has 3 nitrogen and oxygen atoms in total. The molecule has 3 heteroatoms. The van der Waals surface area contributed by atoms with Crippen molar-refractivity contribution in [3.05, 3.63) is 0 Å². The zero-order valence-corrected chi connectivity index (χ0v) is 12.6. The maximum absolute atomic E-state index is 5.51. The molecule has 3 aliphatic rings. The number of piperazine rings is 1. The highest BCUT2D eigenvalue weighted by atomic mass is 16.5. The van der Waals surface area contributed by atoms with Crippen LogP contribution in [0, 0.1) is 17.8 Å². The van der Waals surface area contributed by atoms with Gasteiger partial charge in [0.05, 0.1) is 0 Å². The van der Waals surface area contributed by atoms with Crippen molar-refractivity contribution < 1.29 is 4.74 Å². The Kier molecular flexibility index (Phi) is 4.45. The fourth-order valence-electron chi connectivity index (χ4n) is 3.74. The van der Waals surface area contributed by atoms with Crippen molar-refractivity contribution in [3.63, 3.8) is 0 Å². The van der Waals surface area contributed by atoms with Crippen LogP contribution in [0.2, 0.25) is 0 Å². The van der Waals surface area contributed by atoms with Crippen LogP contribution in [0.3, 0.4) is 0 Å². The Morgan fingerprint density at radius 3 is 2.74 bits per heavy atom. The average molecular weight is 266 g/mol. The van der Waals surface area contributed by atoms with Crippen LogP contribution in [0.15, 0.2) is 0 Å². The summed E-state index contributed by atoms with van der Waals surface area (Å²) in [5.74, 6) is 2.56. The van der Waals surface area contributed by atoms with Crippen LogP contribution in [-0.2, 0) is 4.74 Å². The van der Waals surface area contributed by atoms with Crippen molar-refractivity contribution in [2.24, 2.45) is 17.8 Å². The molecule has 0 aromatic heterocycles. The Hall–Kier alpha value is -0.120. The molecule has 19 heavy (non-hydrogen) atoms. The van der Waals surface area contributed by atoms with E-state index in [0.29, 0.717) is 0 Å². The summed E-state index contributed by atoms with van der Waals surface area (Å²) in [4.78, 5) is 2.78. The van der Waals surface area contributed by atoms with Gasteiger partial charge in [-0.1, -0.05) is 13.8 Å². The van der Waals surface area contributed by atoms with Gasteiger partial charge in [-0.3, -0.25) is 4.90 Å². The molecule has 110 valence electrons. The zero-order valence-electron chi connectivity index (χ0n) is 12.6. The van der Waals surface area contributed by atoms with Crippen LogP contribution in [0.25, 0.3) is 0 Å². The number of ether oxygens (including phenoxy) is 1. The summed E-state index contributed by atoms with van der Waals surface area (Å²) in [5.41, 5.74) is 0. The molecule has 3 unspecified atom stereocenters. The molecular weight excluding hydrogens is 236 g/mol. The van der Waals surface area contributed by atoms with Gasteiger partial charge in [-0.25, -0.2) is 0 Å². The van der Waals surface area contributed by atoms with Gasteiger partial charge in [-0.05, 0) is 50.0 Å². The fraction of sp³-hybridized carbons (Fsp3) is 1.00. The lowest BCUT2D eigenvalue weighted by molar-refractivity contribution is 0.0845. The summed E-state index contributed by atoms with van der Waals surface area (Å²) >= 11 is 0. The van der Waals surface area contributed by atoms with Crippen LogP contribution in [0.4, 0.5) is 0 Å². The lowest BCUT2D eigenvalue weighted by Gasteiger charge is -2.43. The smallest absolute Gasteiger partial charge is 0.0495 e. The van der Waals surface area contributed by atoms with E-state index >= 15 is 0 Å². The maximum Gasteiger partial charge on any atom is 0.0495 e. The molecule has 0 radical (unpaired) electrons. The van der Waals surface area contributed by atoms with Crippen molar-refractivity contribution >= 4 is 0 Å². The second-order valence-electron chi connectivity index (χ2n) is 7.18. The third kappa shape index (κ3) is 3.50. The summed E-state index contributed by atoms with van der Waals surface area (Å²) < 4.78 is 5.51. The van der Waals surface area contributed by atoms with Crippen molar-refractivity contribution in [1.29, 1.82) is 0 Å². The van der Waals surface area contributed by atoms with Gasteiger partial charge in [0.25, 0.3) is 0 Å². The quantitative estimate of drug-likeness (QED) is 0.825. The number of hydrogen-bond acceptors (Lipinski definition) is 3. The van der Waals surface area contributed by atoms with Crippen LogP contribution >= 0.6 is 0 Å². The molecule has 1 saturated carbocycles. The molecule has 1 aliphatic carbocycles. The summed E-state index contributed by atoms with van der Waals surface area (Å²) in [6.07, 6.45) is 5.52. The van der Waals surface area contributed by atoms with Gasteiger partial charge in [0.15, 0.2) is 0 Å². The van der Waals surface area contributed by atoms with E-state index in [1.807, 2.05) is 0 Å². The predicted molar refractivity (Wildman–Crippen MR) is 78.3 cm³/mol. The molecule has 2 saturated heterocycles. The van der Waals surface area contributed by atoms with E-state index < -0.39 is 0 Å². The Bertz CT molecular complexity index is 284. The van der Waals surface area contributed by atoms with Gasteiger partial charge < -0.3 is 10.1 Å². The predicted octanol–water partition coefficient (Wildman–Crippen LogP) is 2.12. The highest BCUT2D eigenvalue weighted by Gasteiger charge is 2.37. The Morgan fingerprint density at radius 1 is 1.26 bits per heavy atom. The van der Waals surface area contributed by atoms with E-state index in [-0.39, 0.29) is 0 Å². The van der Waals surface area contributed by atoms with Gasteiger partial charge in [0.2, 0.25) is 0 Å². The van der Waals surface area contributed by atoms with E-state index in [0.717, 1.165) is 43.1 Å². The lowest BCUT2D eigenvalue weighted by Crippen LogP contribution is -2.59. The monoisotopic (exact) mass is 266 g/mol. The average Bonchev–Trinajstić information content (AvgIpc) is 3.13. The van der Waals surface area contributed by atoms with Crippen LogP contribution in [0.1, 0.15) is 39.5 Å². The van der Waals surface area contributed by atoms with E-state index in [9.17, 15) is 0 Å². The minimum atomic E-state index is 0.734. The van der Waals surface area contributed by atoms with Crippen molar-refractivity contribution in [2.45, 2.75) is 51.6 Å². The second kappa shape index (κ2) is 6.11. The Labute approximate surface area is 118 Å². The summed E-state index contributed by atoms with van der Waals surface area (Å²) in [6.45, 7) is 10.5. The van der Waals surface area contributed by atoms with Gasteiger partial charge in [-0.2, -0.15) is 0 Å². The summed E-state index contributed by atoms with van der Waals surface area (Å²) in [5, 5.41) is 3.80. The van der Waals surface area contributed by atoms with Gasteiger partial charge >= 0.3 is 0 Å². The lowest BCUT2D eigenvalue weighted by atomic mass is 9.95. The number of rotatable bonds is 5. The number of nitrogens with zero attached hydrogens (tertiary/aromatic N) is 1. The summed E-state index contributed by atoms with van der Waals surface area (Å²) in [6, 6.07) is 1.51. The first-order valence-electron chi connectivity index (χ1n) is 8.29. The molecule has 0 spiro atoms. The van der Waals surface area contributed by atoms with E-state index in [1.165, 1.54) is 45.3 Å². The topological polar surface area (TPSA) is 24.5 Å². The van der Waals surface area contributed by atoms with Gasteiger partial charge in [0.1, 0.15) is 0 Å². The second-order valence-corrected chi connectivity index (χ2v) is 7.18. The van der Waals surface area contributed by atoms with Crippen molar-refractivity contribution in [1.82, 2.24) is 10.2 Å². The molecule has 3 rings (SSSR count). The standard InChI is InChI=1S/C16H30N2O/c1-12(2)16-9-17-15(14-3-4-14)10-18(16)7-5-13-6-8-19-11-13/h12-17H,3-11H2,1-2H3. The maximum atomic E-state index is 5.51. The van der Waals surface area contributed by atoms with Crippen LogP contribution in [-0.4, -0.2) is 49.8 Å². The van der Waals surface area contributed by atoms with Crippen molar-refractivity contribution in [2.75, 3.05) is 32.8 Å². The zero-order chi connectivity index (χ0) is 13.2.